The van der Waals surface area contributed by atoms with Crippen molar-refractivity contribution in [3.8, 4) is 6.07 Å². The highest BCUT2D eigenvalue weighted by Crippen LogP contribution is 2.26. The third-order valence-electron chi connectivity index (χ3n) is 2.42. The summed E-state index contributed by atoms with van der Waals surface area (Å²) in [6, 6.07) is 0.247. The molecule has 1 rings (SSSR count). The van der Waals surface area contributed by atoms with E-state index < -0.39 is 29.7 Å². The molecule has 0 saturated carbocycles. The standard InChI is InChI=1S/C11H16N2O4/c1-11(2,3)17-10(16)13-7(6-12)4-5-8(13)9(14)15/h7-8H,4-5H2,1-3H3,(H,14,15)/t7?,8-/m0/s1. The Labute approximate surface area is 99.8 Å². The van der Waals surface area contributed by atoms with Crippen molar-refractivity contribution in [2.75, 3.05) is 0 Å². The van der Waals surface area contributed by atoms with Crippen LogP contribution in [0.4, 0.5) is 4.79 Å². The van der Waals surface area contributed by atoms with Gasteiger partial charge in [-0.3, -0.25) is 4.90 Å². The van der Waals surface area contributed by atoms with Crippen molar-refractivity contribution in [1.82, 2.24) is 4.90 Å². The molecule has 0 aliphatic carbocycles. The highest BCUT2D eigenvalue weighted by Gasteiger charge is 2.43. The number of carboxylic acid groups (broad SMARTS) is 1. The Hall–Kier alpha value is -1.77. The summed E-state index contributed by atoms with van der Waals surface area (Å²) < 4.78 is 5.11. The summed E-state index contributed by atoms with van der Waals surface area (Å²) >= 11 is 0. The van der Waals surface area contributed by atoms with Gasteiger partial charge in [-0.05, 0) is 33.6 Å². The van der Waals surface area contributed by atoms with Crippen molar-refractivity contribution in [3.63, 3.8) is 0 Å². The van der Waals surface area contributed by atoms with Gasteiger partial charge in [0.25, 0.3) is 0 Å². The minimum Gasteiger partial charge on any atom is -0.480 e. The summed E-state index contributed by atoms with van der Waals surface area (Å²) in [4.78, 5) is 23.8. The van der Waals surface area contributed by atoms with Crippen molar-refractivity contribution in [3.05, 3.63) is 0 Å². The normalized spacial score (nSPS) is 24.2. The Balaban J connectivity index is 2.86. The zero-order valence-electron chi connectivity index (χ0n) is 10.1. The number of likely N-dealkylation sites (tertiary alicyclic amines) is 1. The molecule has 0 bridgehead atoms. The first-order chi connectivity index (χ1) is 7.76. The van der Waals surface area contributed by atoms with Crippen molar-refractivity contribution in [1.29, 1.82) is 5.26 Å². The molecule has 0 aromatic carbocycles. The number of hydrogen-bond acceptors (Lipinski definition) is 4. The van der Waals surface area contributed by atoms with E-state index in [1.165, 1.54) is 0 Å². The predicted octanol–water partition coefficient (Wildman–Crippen LogP) is 1.36. The fraction of sp³-hybridized carbons (Fsp3) is 0.727. The van der Waals surface area contributed by atoms with Crippen molar-refractivity contribution < 1.29 is 19.4 Å². The monoisotopic (exact) mass is 240 g/mol. The summed E-state index contributed by atoms with van der Waals surface area (Å²) in [5, 5.41) is 17.9. The summed E-state index contributed by atoms with van der Waals surface area (Å²) in [7, 11) is 0. The van der Waals surface area contributed by atoms with Gasteiger partial charge in [-0.25, -0.2) is 9.59 Å². The van der Waals surface area contributed by atoms with Crippen LogP contribution in [0.5, 0.6) is 0 Å². The van der Waals surface area contributed by atoms with Gasteiger partial charge in [0.1, 0.15) is 17.7 Å². The number of carboxylic acids is 1. The summed E-state index contributed by atoms with van der Waals surface area (Å²) in [5.74, 6) is -1.10. The zero-order valence-corrected chi connectivity index (χ0v) is 10.1. The maximum absolute atomic E-state index is 11.8. The van der Waals surface area contributed by atoms with E-state index in [0.29, 0.717) is 6.42 Å². The maximum Gasteiger partial charge on any atom is 0.412 e. The molecule has 1 saturated heterocycles. The van der Waals surface area contributed by atoms with Crippen LogP contribution < -0.4 is 0 Å². The molecule has 2 atom stereocenters. The van der Waals surface area contributed by atoms with Crippen LogP contribution in [-0.4, -0.2) is 39.8 Å². The fourth-order valence-corrected chi connectivity index (χ4v) is 1.75. The van der Waals surface area contributed by atoms with Crippen molar-refractivity contribution in [2.45, 2.75) is 51.3 Å². The topological polar surface area (TPSA) is 90.6 Å². The summed E-state index contributed by atoms with van der Waals surface area (Å²) in [5.41, 5.74) is -0.706. The molecule has 1 N–H and O–H groups in total. The lowest BCUT2D eigenvalue weighted by Crippen LogP contribution is -2.46. The quantitative estimate of drug-likeness (QED) is 0.747. The van der Waals surface area contributed by atoms with Crippen molar-refractivity contribution >= 4 is 12.1 Å². The van der Waals surface area contributed by atoms with E-state index in [2.05, 4.69) is 0 Å². The Morgan fingerprint density at radius 3 is 2.41 bits per heavy atom. The number of aliphatic carboxylic acids is 1. The summed E-state index contributed by atoms with van der Waals surface area (Å²) in [6.45, 7) is 5.08. The van der Waals surface area contributed by atoms with Gasteiger partial charge < -0.3 is 9.84 Å². The molecule has 1 unspecified atom stereocenters. The lowest BCUT2D eigenvalue weighted by Gasteiger charge is -2.28. The van der Waals surface area contributed by atoms with Gasteiger partial charge in [0, 0.05) is 0 Å². The van der Waals surface area contributed by atoms with Gasteiger partial charge in [-0.1, -0.05) is 0 Å². The van der Waals surface area contributed by atoms with E-state index in [1.807, 2.05) is 6.07 Å². The van der Waals surface area contributed by atoms with Crippen LogP contribution >= 0.6 is 0 Å². The average molecular weight is 240 g/mol. The minimum absolute atomic E-state index is 0.285. The van der Waals surface area contributed by atoms with E-state index in [4.69, 9.17) is 15.1 Å². The number of rotatable bonds is 1. The van der Waals surface area contributed by atoms with Gasteiger partial charge >= 0.3 is 12.1 Å². The second-order valence-corrected chi connectivity index (χ2v) is 4.96. The van der Waals surface area contributed by atoms with Gasteiger partial charge in [0.2, 0.25) is 0 Å². The number of carbonyl (C=O) groups excluding carboxylic acids is 1. The molecular formula is C11H16N2O4. The number of amides is 1. The number of nitrogens with zero attached hydrogens (tertiary/aromatic N) is 2. The van der Waals surface area contributed by atoms with Crippen LogP contribution in [0.15, 0.2) is 0 Å². The van der Waals surface area contributed by atoms with E-state index in [1.54, 1.807) is 20.8 Å². The molecule has 0 aromatic heterocycles. The zero-order chi connectivity index (χ0) is 13.2. The number of nitriles is 1. The Morgan fingerprint density at radius 2 is 2.00 bits per heavy atom. The first-order valence-corrected chi connectivity index (χ1v) is 5.40. The molecule has 1 aliphatic heterocycles. The smallest absolute Gasteiger partial charge is 0.412 e. The SMILES string of the molecule is CC(C)(C)OC(=O)N1C(C#N)CC[C@H]1C(=O)O. The molecule has 0 spiro atoms. The number of carbonyl (C=O) groups is 2. The second kappa shape index (κ2) is 4.62. The third kappa shape index (κ3) is 3.09. The molecular weight excluding hydrogens is 224 g/mol. The highest BCUT2D eigenvalue weighted by molar-refractivity contribution is 5.81. The average Bonchev–Trinajstić information content (AvgIpc) is 2.57. The maximum atomic E-state index is 11.8. The molecule has 0 aromatic rings. The number of ether oxygens (including phenoxy) is 1. The van der Waals surface area contributed by atoms with E-state index in [0.717, 1.165) is 4.90 Å². The van der Waals surface area contributed by atoms with Crippen LogP contribution in [0.25, 0.3) is 0 Å². The molecule has 6 nitrogen and oxygen atoms in total. The van der Waals surface area contributed by atoms with Gasteiger partial charge in [-0.2, -0.15) is 5.26 Å². The van der Waals surface area contributed by atoms with Crippen LogP contribution in [-0.2, 0) is 9.53 Å². The minimum atomic E-state index is -1.10. The van der Waals surface area contributed by atoms with E-state index in [-0.39, 0.29) is 6.42 Å². The molecule has 94 valence electrons. The first-order valence-electron chi connectivity index (χ1n) is 5.40. The first kappa shape index (κ1) is 13.3. The molecule has 1 fully saturated rings. The highest BCUT2D eigenvalue weighted by atomic mass is 16.6. The van der Waals surface area contributed by atoms with E-state index in [9.17, 15) is 9.59 Å². The van der Waals surface area contributed by atoms with Crippen LogP contribution in [0.2, 0.25) is 0 Å². The predicted molar refractivity (Wildman–Crippen MR) is 58.1 cm³/mol. The Kier molecular flexibility index (Phi) is 3.61. The van der Waals surface area contributed by atoms with E-state index >= 15 is 0 Å². The fourth-order valence-electron chi connectivity index (χ4n) is 1.75. The van der Waals surface area contributed by atoms with Crippen LogP contribution in [0.1, 0.15) is 33.6 Å². The molecule has 6 heteroatoms. The number of hydrogen-bond donors (Lipinski definition) is 1. The molecule has 1 aliphatic rings. The lowest BCUT2D eigenvalue weighted by atomic mass is 10.2. The summed E-state index contributed by atoms with van der Waals surface area (Å²) in [6.07, 6.45) is -0.0894. The Bertz CT molecular complexity index is 367. The van der Waals surface area contributed by atoms with Crippen molar-refractivity contribution in [2.24, 2.45) is 0 Å². The van der Waals surface area contributed by atoms with Crippen LogP contribution in [0.3, 0.4) is 0 Å². The molecule has 1 amide bonds. The third-order valence-corrected chi connectivity index (χ3v) is 2.42. The lowest BCUT2D eigenvalue weighted by molar-refractivity contribution is -0.142. The Morgan fingerprint density at radius 1 is 1.41 bits per heavy atom. The van der Waals surface area contributed by atoms with Gasteiger partial charge in [-0.15, -0.1) is 0 Å². The molecule has 0 radical (unpaired) electrons. The molecule has 1 heterocycles. The second-order valence-electron chi connectivity index (χ2n) is 4.96. The van der Waals surface area contributed by atoms with Gasteiger partial charge in [0.05, 0.1) is 6.07 Å². The van der Waals surface area contributed by atoms with Crippen LogP contribution in [0, 0.1) is 11.3 Å². The van der Waals surface area contributed by atoms with Gasteiger partial charge in [0.15, 0.2) is 0 Å². The molecule has 17 heavy (non-hydrogen) atoms. The largest absolute Gasteiger partial charge is 0.480 e.